The Morgan fingerprint density at radius 2 is 1.72 bits per heavy atom. The second-order valence-corrected chi connectivity index (χ2v) is 8.98. The maximum Gasteiger partial charge on any atom is 0.327 e. The molecule has 29 heavy (non-hydrogen) atoms. The topological polar surface area (TPSA) is 78.8 Å². The predicted molar refractivity (Wildman–Crippen MR) is 109 cm³/mol. The number of carbonyl (C=O) groups excluding carboxylic acids is 3. The van der Waals surface area contributed by atoms with Gasteiger partial charge in [-0.15, -0.1) is 0 Å². The van der Waals surface area contributed by atoms with Crippen molar-refractivity contribution in [1.29, 1.82) is 0 Å². The summed E-state index contributed by atoms with van der Waals surface area (Å²) >= 11 is 0. The summed E-state index contributed by atoms with van der Waals surface area (Å²) in [6.07, 6.45) is 2.74. The number of imide groups is 1. The zero-order chi connectivity index (χ0) is 21.3. The minimum Gasteiger partial charge on any atom is -0.337 e. The van der Waals surface area contributed by atoms with Crippen molar-refractivity contribution >= 4 is 17.8 Å². The van der Waals surface area contributed by atoms with Crippen LogP contribution in [0.2, 0.25) is 0 Å². The molecule has 160 valence electrons. The lowest BCUT2D eigenvalue weighted by Gasteiger charge is -2.42. The number of hydrogen-bond donors (Lipinski definition) is 0. The normalized spacial score (nSPS) is 19.3. The first-order chi connectivity index (χ1) is 13.7. The van der Waals surface area contributed by atoms with Gasteiger partial charge < -0.3 is 9.80 Å². The van der Waals surface area contributed by atoms with E-state index >= 15 is 0 Å². The molecular formula is C21H33N5O3. The van der Waals surface area contributed by atoms with Crippen LogP contribution in [0.25, 0.3) is 0 Å². The molecule has 1 aromatic heterocycles. The van der Waals surface area contributed by atoms with Gasteiger partial charge in [-0.1, -0.05) is 27.7 Å². The molecule has 0 aromatic carbocycles. The smallest absolute Gasteiger partial charge is 0.327 e. The number of hydrogen-bond acceptors (Lipinski definition) is 4. The fourth-order valence-corrected chi connectivity index (χ4v) is 4.30. The quantitative estimate of drug-likeness (QED) is 0.684. The monoisotopic (exact) mass is 403 g/mol. The molecule has 1 spiro atoms. The second-order valence-electron chi connectivity index (χ2n) is 8.98. The Bertz CT molecular complexity index is 777. The molecule has 3 heterocycles. The van der Waals surface area contributed by atoms with Crippen molar-refractivity contribution in [2.75, 3.05) is 26.2 Å². The van der Waals surface area contributed by atoms with Crippen molar-refractivity contribution in [2.45, 2.75) is 59.5 Å². The van der Waals surface area contributed by atoms with E-state index in [1.807, 2.05) is 20.8 Å². The minimum atomic E-state index is -0.824. The van der Waals surface area contributed by atoms with E-state index in [1.54, 1.807) is 26.7 Å². The van der Waals surface area contributed by atoms with Crippen LogP contribution in [0.1, 0.15) is 57.9 Å². The second kappa shape index (κ2) is 8.16. The van der Waals surface area contributed by atoms with Crippen LogP contribution in [0, 0.1) is 11.8 Å². The van der Waals surface area contributed by atoms with Gasteiger partial charge in [-0.25, -0.2) is 4.79 Å². The van der Waals surface area contributed by atoms with E-state index in [0.717, 1.165) is 0 Å². The van der Waals surface area contributed by atoms with Gasteiger partial charge in [0.2, 0.25) is 0 Å². The van der Waals surface area contributed by atoms with Gasteiger partial charge in [0.15, 0.2) is 0 Å². The van der Waals surface area contributed by atoms with Crippen molar-refractivity contribution in [3.63, 3.8) is 0 Å². The zero-order valence-corrected chi connectivity index (χ0v) is 18.2. The molecular weight excluding hydrogens is 370 g/mol. The molecule has 4 amide bonds. The third kappa shape index (κ3) is 3.89. The van der Waals surface area contributed by atoms with Gasteiger partial charge >= 0.3 is 6.03 Å². The first kappa shape index (κ1) is 21.3. The molecule has 2 saturated heterocycles. The largest absolute Gasteiger partial charge is 0.337 e. The predicted octanol–water partition coefficient (Wildman–Crippen LogP) is 2.45. The van der Waals surface area contributed by atoms with Crippen molar-refractivity contribution in [1.82, 2.24) is 24.5 Å². The number of aromatic nitrogens is 2. The number of nitrogens with zero attached hydrogens (tertiary/aromatic N) is 5. The third-order valence-electron chi connectivity index (χ3n) is 5.78. The molecule has 0 unspecified atom stereocenters. The van der Waals surface area contributed by atoms with Gasteiger partial charge in [0, 0.05) is 38.9 Å². The molecule has 2 aliphatic rings. The van der Waals surface area contributed by atoms with Gasteiger partial charge in [0.25, 0.3) is 11.8 Å². The highest BCUT2D eigenvalue weighted by Gasteiger charge is 2.58. The van der Waals surface area contributed by atoms with Crippen LogP contribution < -0.4 is 0 Å². The summed E-state index contributed by atoms with van der Waals surface area (Å²) in [5, 5.41) is 4.30. The van der Waals surface area contributed by atoms with E-state index in [0.29, 0.717) is 51.3 Å². The van der Waals surface area contributed by atoms with Crippen molar-refractivity contribution in [3.05, 3.63) is 18.0 Å². The Morgan fingerprint density at radius 3 is 2.24 bits per heavy atom. The first-order valence-corrected chi connectivity index (χ1v) is 10.7. The molecule has 0 bridgehead atoms. The van der Waals surface area contributed by atoms with Gasteiger partial charge in [-0.05, 0) is 37.7 Å². The number of piperidine rings is 1. The summed E-state index contributed by atoms with van der Waals surface area (Å²) in [5.41, 5.74) is -0.396. The maximum atomic E-state index is 13.4. The summed E-state index contributed by atoms with van der Waals surface area (Å²) in [7, 11) is 0. The van der Waals surface area contributed by atoms with E-state index in [9.17, 15) is 14.4 Å². The van der Waals surface area contributed by atoms with E-state index in [2.05, 4.69) is 18.9 Å². The lowest BCUT2D eigenvalue weighted by molar-refractivity contribution is -0.135. The fraction of sp³-hybridized carbons (Fsp3) is 0.714. The molecule has 3 rings (SSSR count). The zero-order valence-electron chi connectivity index (χ0n) is 18.2. The number of urea groups is 1. The highest BCUT2D eigenvalue weighted by atomic mass is 16.2. The average molecular weight is 404 g/mol. The molecule has 2 fully saturated rings. The molecule has 0 aliphatic carbocycles. The number of carbonyl (C=O) groups is 3. The van der Waals surface area contributed by atoms with Gasteiger partial charge in [0.1, 0.15) is 11.2 Å². The lowest BCUT2D eigenvalue weighted by Crippen LogP contribution is -2.58. The molecule has 0 atom stereocenters. The van der Waals surface area contributed by atoms with Gasteiger partial charge in [-0.3, -0.25) is 19.2 Å². The molecule has 0 radical (unpaired) electrons. The van der Waals surface area contributed by atoms with Crippen LogP contribution in [0.3, 0.4) is 0 Å². The SMILES string of the molecule is CCn1ccc(C(=O)N2CCC3(CC2)C(=O)N(CC(C)C)C(=O)N3CC(C)C)n1. The Morgan fingerprint density at radius 1 is 1.10 bits per heavy atom. The summed E-state index contributed by atoms with van der Waals surface area (Å²) in [6.45, 7) is 12.7. The summed E-state index contributed by atoms with van der Waals surface area (Å²) in [4.78, 5) is 44.2. The van der Waals surface area contributed by atoms with E-state index in [4.69, 9.17) is 0 Å². The van der Waals surface area contributed by atoms with Crippen LogP contribution in [-0.2, 0) is 11.3 Å². The maximum absolute atomic E-state index is 13.4. The van der Waals surface area contributed by atoms with Crippen molar-refractivity contribution in [2.24, 2.45) is 11.8 Å². The fourth-order valence-electron chi connectivity index (χ4n) is 4.30. The number of likely N-dealkylation sites (tertiary alicyclic amines) is 1. The Labute approximate surface area is 172 Å². The lowest BCUT2D eigenvalue weighted by atomic mass is 9.85. The minimum absolute atomic E-state index is 0.0980. The van der Waals surface area contributed by atoms with Crippen LogP contribution in [0.5, 0.6) is 0 Å². The molecule has 0 N–H and O–H groups in total. The van der Waals surface area contributed by atoms with Gasteiger partial charge in [0.05, 0.1) is 0 Å². The third-order valence-corrected chi connectivity index (χ3v) is 5.78. The number of rotatable bonds is 6. The average Bonchev–Trinajstić information content (AvgIpc) is 3.23. The van der Waals surface area contributed by atoms with Crippen LogP contribution >= 0.6 is 0 Å². The Balaban J connectivity index is 1.78. The molecule has 1 aromatic rings. The Hall–Kier alpha value is -2.38. The summed E-state index contributed by atoms with van der Waals surface area (Å²) < 4.78 is 1.73. The molecule has 8 nitrogen and oxygen atoms in total. The van der Waals surface area contributed by atoms with Crippen LogP contribution in [0.15, 0.2) is 12.3 Å². The van der Waals surface area contributed by atoms with Gasteiger partial charge in [-0.2, -0.15) is 5.10 Å². The standard InChI is InChI=1S/C21H33N5O3/c1-6-24-10-7-17(22-24)18(27)23-11-8-21(9-12-23)19(28)25(13-15(2)3)20(29)26(21)14-16(4)5/h7,10,15-16H,6,8-9,11-14H2,1-5H3. The number of amides is 4. The highest BCUT2D eigenvalue weighted by Crippen LogP contribution is 2.38. The van der Waals surface area contributed by atoms with E-state index in [-0.39, 0.29) is 29.7 Å². The Kier molecular flexibility index (Phi) is 6.00. The molecule has 0 saturated carbocycles. The molecule has 8 heteroatoms. The van der Waals surface area contributed by atoms with E-state index in [1.165, 1.54) is 4.90 Å². The highest BCUT2D eigenvalue weighted by molar-refractivity contribution is 6.07. The number of aryl methyl sites for hydroxylation is 1. The van der Waals surface area contributed by atoms with Crippen LogP contribution in [-0.4, -0.2) is 74.0 Å². The summed E-state index contributed by atoms with van der Waals surface area (Å²) in [5.74, 6) is 0.270. The first-order valence-electron chi connectivity index (χ1n) is 10.7. The van der Waals surface area contributed by atoms with Crippen molar-refractivity contribution in [3.8, 4) is 0 Å². The molecule has 2 aliphatic heterocycles. The van der Waals surface area contributed by atoms with Crippen LogP contribution in [0.4, 0.5) is 4.79 Å². The van der Waals surface area contributed by atoms with Crippen molar-refractivity contribution < 1.29 is 14.4 Å². The summed E-state index contributed by atoms with van der Waals surface area (Å²) in [6, 6.07) is 1.55. The van der Waals surface area contributed by atoms with E-state index < -0.39 is 5.54 Å².